The van der Waals surface area contributed by atoms with E-state index in [1.165, 1.54) is 16.8 Å². The minimum atomic E-state index is -0.492. The van der Waals surface area contributed by atoms with Crippen LogP contribution >= 0.6 is 22.6 Å². The zero-order chi connectivity index (χ0) is 12.4. The highest BCUT2D eigenvalue weighted by Gasteiger charge is 2.08. The highest BCUT2D eigenvalue weighted by molar-refractivity contribution is 14.1. The van der Waals surface area contributed by atoms with Gasteiger partial charge in [-0.2, -0.15) is 5.10 Å². The van der Waals surface area contributed by atoms with E-state index in [2.05, 4.69) is 32.8 Å². The Hall–Kier alpha value is -1.64. The first-order valence-electron chi connectivity index (χ1n) is 4.60. The molecular formula is C10H8FIN4O. The number of oxime groups is 1. The van der Waals surface area contributed by atoms with Crippen molar-refractivity contribution in [3.8, 4) is 5.69 Å². The van der Waals surface area contributed by atoms with Gasteiger partial charge in [0.15, 0.2) is 5.84 Å². The lowest BCUT2D eigenvalue weighted by molar-refractivity contribution is 0.318. The van der Waals surface area contributed by atoms with Gasteiger partial charge in [0.05, 0.1) is 9.77 Å². The van der Waals surface area contributed by atoms with Gasteiger partial charge in [-0.05, 0) is 40.8 Å². The largest absolute Gasteiger partial charge is 0.409 e. The highest BCUT2D eigenvalue weighted by Crippen LogP contribution is 2.15. The standard InChI is InChI=1S/C10H8FIN4O/c11-8-3-6(10(13)15-17)1-2-9(8)16-5-7(12)4-14-16/h1-5,17H,(H2,13,15). The van der Waals surface area contributed by atoms with Crippen molar-refractivity contribution in [2.45, 2.75) is 0 Å². The molecule has 17 heavy (non-hydrogen) atoms. The zero-order valence-corrected chi connectivity index (χ0v) is 10.7. The molecule has 1 heterocycles. The zero-order valence-electron chi connectivity index (χ0n) is 8.51. The molecule has 0 atom stereocenters. The van der Waals surface area contributed by atoms with Crippen LogP contribution in [-0.2, 0) is 0 Å². The Balaban J connectivity index is 2.45. The normalized spacial score (nSPS) is 11.8. The Labute approximate surface area is 110 Å². The van der Waals surface area contributed by atoms with Gasteiger partial charge < -0.3 is 10.9 Å². The molecule has 0 saturated carbocycles. The molecule has 0 spiro atoms. The second-order valence-electron chi connectivity index (χ2n) is 3.25. The first kappa shape index (κ1) is 11.8. The van der Waals surface area contributed by atoms with E-state index in [0.29, 0.717) is 11.3 Å². The quantitative estimate of drug-likeness (QED) is 0.286. The molecule has 0 aliphatic heterocycles. The minimum Gasteiger partial charge on any atom is -0.409 e. The van der Waals surface area contributed by atoms with Gasteiger partial charge in [-0.3, -0.25) is 0 Å². The number of hydrogen-bond acceptors (Lipinski definition) is 3. The average molecular weight is 346 g/mol. The lowest BCUT2D eigenvalue weighted by Crippen LogP contribution is -2.13. The summed E-state index contributed by atoms with van der Waals surface area (Å²) in [6.45, 7) is 0. The minimum absolute atomic E-state index is 0.134. The van der Waals surface area contributed by atoms with E-state index < -0.39 is 5.82 Å². The van der Waals surface area contributed by atoms with Crippen molar-refractivity contribution in [3.05, 3.63) is 45.5 Å². The molecule has 0 radical (unpaired) electrons. The summed E-state index contributed by atoms with van der Waals surface area (Å²) >= 11 is 2.08. The number of aromatic nitrogens is 2. The predicted molar refractivity (Wildman–Crippen MR) is 68.7 cm³/mol. The van der Waals surface area contributed by atoms with Crippen LogP contribution in [-0.4, -0.2) is 20.8 Å². The van der Waals surface area contributed by atoms with Crippen LogP contribution in [0.15, 0.2) is 35.7 Å². The maximum Gasteiger partial charge on any atom is 0.170 e. The molecule has 0 bridgehead atoms. The van der Waals surface area contributed by atoms with Crippen molar-refractivity contribution in [1.82, 2.24) is 9.78 Å². The summed E-state index contributed by atoms with van der Waals surface area (Å²) < 4.78 is 16.1. The third-order valence-electron chi connectivity index (χ3n) is 2.15. The van der Waals surface area contributed by atoms with E-state index in [9.17, 15) is 4.39 Å². The maximum atomic E-state index is 13.8. The van der Waals surface area contributed by atoms with Gasteiger partial charge in [0, 0.05) is 11.8 Å². The van der Waals surface area contributed by atoms with E-state index in [1.54, 1.807) is 18.5 Å². The number of hydrogen-bond donors (Lipinski definition) is 2. The van der Waals surface area contributed by atoms with Crippen LogP contribution in [0.25, 0.3) is 5.69 Å². The first-order chi connectivity index (χ1) is 8.11. The summed E-state index contributed by atoms with van der Waals surface area (Å²) in [5, 5.41) is 15.3. The predicted octanol–water partition coefficient (Wildman–Crippen LogP) is 1.71. The molecule has 2 aromatic rings. The van der Waals surface area contributed by atoms with Crippen LogP contribution in [0.5, 0.6) is 0 Å². The molecule has 5 nitrogen and oxygen atoms in total. The van der Waals surface area contributed by atoms with Gasteiger partial charge in [0.25, 0.3) is 0 Å². The lowest BCUT2D eigenvalue weighted by atomic mass is 10.2. The molecule has 0 saturated heterocycles. The van der Waals surface area contributed by atoms with E-state index >= 15 is 0 Å². The molecule has 0 fully saturated rings. The van der Waals surface area contributed by atoms with E-state index in [-0.39, 0.29) is 5.84 Å². The average Bonchev–Trinajstić information content (AvgIpc) is 2.74. The summed E-state index contributed by atoms with van der Waals surface area (Å²) in [4.78, 5) is 0. The van der Waals surface area contributed by atoms with Gasteiger partial charge >= 0.3 is 0 Å². The van der Waals surface area contributed by atoms with Gasteiger partial charge in [-0.15, -0.1) is 0 Å². The molecule has 1 aromatic heterocycles. The van der Waals surface area contributed by atoms with Crippen LogP contribution in [0.1, 0.15) is 5.56 Å². The number of benzene rings is 1. The van der Waals surface area contributed by atoms with Gasteiger partial charge in [0.1, 0.15) is 11.5 Å². The Morgan fingerprint density at radius 2 is 2.29 bits per heavy atom. The van der Waals surface area contributed by atoms with Crippen molar-refractivity contribution in [1.29, 1.82) is 0 Å². The summed E-state index contributed by atoms with van der Waals surface area (Å²) in [5.74, 6) is -0.626. The molecule has 0 aliphatic carbocycles. The van der Waals surface area contributed by atoms with Crippen LogP contribution in [0.4, 0.5) is 4.39 Å². The fourth-order valence-corrected chi connectivity index (χ4v) is 1.73. The second-order valence-corrected chi connectivity index (χ2v) is 4.50. The van der Waals surface area contributed by atoms with Gasteiger partial charge in [-0.25, -0.2) is 9.07 Å². The lowest BCUT2D eigenvalue weighted by Gasteiger charge is -2.05. The molecular weight excluding hydrogens is 338 g/mol. The molecule has 0 unspecified atom stereocenters. The fraction of sp³-hybridized carbons (Fsp3) is 0. The first-order valence-corrected chi connectivity index (χ1v) is 5.67. The van der Waals surface area contributed by atoms with E-state index in [1.807, 2.05) is 0 Å². The van der Waals surface area contributed by atoms with Crippen molar-refractivity contribution < 1.29 is 9.60 Å². The molecule has 2 rings (SSSR count). The SMILES string of the molecule is NC(=NO)c1ccc(-n2cc(I)cn2)c(F)c1. The molecule has 1 aromatic carbocycles. The Morgan fingerprint density at radius 3 is 2.82 bits per heavy atom. The Kier molecular flexibility index (Phi) is 3.27. The fourth-order valence-electron chi connectivity index (χ4n) is 1.34. The van der Waals surface area contributed by atoms with Crippen molar-refractivity contribution in [3.63, 3.8) is 0 Å². The number of amidine groups is 1. The van der Waals surface area contributed by atoms with Gasteiger partial charge in [0.2, 0.25) is 0 Å². The molecule has 3 N–H and O–H groups in total. The second kappa shape index (κ2) is 4.70. The summed E-state index contributed by atoms with van der Waals surface area (Å²) in [7, 11) is 0. The number of nitrogens with two attached hydrogens (primary N) is 1. The molecule has 0 aliphatic rings. The number of halogens is 2. The van der Waals surface area contributed by atoms with Crippen molar-refractivity contribution >= 4 is 28.4 Å². The van der Waals surface area contributed by atoms with E-state index in [4.69, 9.17) is 10.9 Å². The maximum absolute atomic E-state index is 13.8. The third kappa shape index (κ3) is 2.38. The third-order valence-corrected chi connectivity index (χ3v) is 2.71. The Bertz CT molecular complexity index is 581. The topological polar surface area (TPSA) is 76.4 Å². The molecule has 88 valence electrons. The smallest absolute Gasteiger partial charge is 0.170 e. The van der Waals surface area contributed by atoms with Crippen LogP contribution in [0.2, 0.25) is 0 Å². The highest BCUT2D eigenvalue weighted by atomic mass is 127. The number of rotatable bonds is 2. The molecule has 7 heteroatoms. The number of nitrogens with zero attached hydrogens (tertiary/aromatic N) is 3. The summed E-state index contributed by atoms with van der Waals surface area (Å²) in [6, 6.07) is 4.27. The van der Waals surface area contributed by atoms with Crippen molar-refractivity contribution in [2.75, 3.05) is 0 Å². The molecule has 0 amide bonds. The monoisotopic (exact) mass is 346 g/mol. The van der Waals surface area contributed by atoms with Crippen LogP contribution in [0.3, 0.4) is 0 Å². The Morgan fingerprint density at radius 1 is 1.53 bits per heavy atom. The van der Waals surface area contributed by atoms with Gasteiger partial charge in [-0.1, -0.05) is 5.16 Å². The van der Waals surface area contributed by atoms with Crippen molar-refractivity contribution in [2.24, 2.45) is 10.9 Å². The summed E-state index contributed by atoms with van der Waals surface area (Å²) in [5.41, 5.74) is 5.99. The van der Waals surface area contributed by atoms with E-state index in [0.717, 1.165) is 3.57 Å². The van der Waals surface area contributed by atoms with Crippen LogP contribution < -0.4 is 5.73 Å². The van der Waals surface area contributed by atoms with Crippen LogP contribution in [0, 0.1) is 9.39 Å². The summed E-state index contributed by atoms with van der Waals surface area (Å²) in [6.07, 6.45) is 3.32.